The van der Waals surface area contributed by atoms with Crippen molar-refractivity contribution in [3.8, 4) is 11.5 Å². The van der Waals surface area contributed by atoms with Crippen LogP contribution in [0, 0.1) is 0 Å². The van der Waals surface area contributed by atoms with E-state index < -0.39 is 0 Å². The van der Waals surface area contributed by atoms with E-state index in [-0.39, 0.29) is 0 Å². The van der Waals surface area contributed by atoms with Gasteiger partial charge in [0.1, 0.15) is 0 Å². The van der Waals surface area contributed by atoms with Crippen LogP contribution >= 0.6 is 0 Å². The highest BCUT2D eigenvalue weighted by molar-refractivity contribution is 5.43. The summed E-state index contributed by atoms with van der Waals surface area (Å²) in [5.41, 5.74) is 5.22. The quantitative estimate of drug-likeness (QED) is 0.529. The summed E-state index contributed by atoms with van der Waals surface area (Å²) in [4.78, 5) is 0. The SMILES string of the molecule is C=C(C/C=C(/C)CCC=C(C)C)Cc1ccc(OC)c(OC)c1. The standard InChI is InChI=1S/C21H30O2/c1-16(2)8-7-9-17(3)10-11-18(4)14-19-12-13-20(22-5)21(15-19)23-6/h8,10,12-13,15H,4,7,9,11,14H2,1-3,5-6H3/b17-10-. The van der Waals surface area contributed by atoms with Gasteiger partial charge in [0.05, 0.1) is 14.2 Å². The molecule has 0 spiro atoms. The molecule has 0 fully saturated rings. The lowest BCUT2D eigenvalue weighted by Crippen LogP contribution is -1.94. The third kappa shape index (κ3) is 7.23. The average molecular weight is 314 g/mol. The molecule has 0 aliphatic rings. The van der Waals surface area contributed by atoms with Crippen LogP contribution in [0.25, 0.3) is 0 Å². The minimum atomic E-state index is 0.761. The number of benzene rings is 1. The van der Waals surface area contributed by atoms with Crippen molar-refractivity contribution < 1.29 is 9.47 Å². The molecule has 0 saturated carbocycles. The van der Waals surface area contributed by atoms with Gasteiger partial charge < -0.3 is 9.47 Å². The van der Waals surface area contributed by atoms with E-state index >= 15 is 0 Å². The highest BCUT2D eigenvalue weighted by atomic mass is 16.5. The minimum absolute atomic E-state index is 0.761. The molecule has 0 aliphatic heterocycles. The van der Waals surface area contributed by atoms with E-state index in [4.69, 9.17) is 9.47 Å². The molecular formula is C21H30O2. The van der Waals surface area contributed by atoms with Crippen LogP contribution in [0.3, 0.4) is 0 Å². The summed E-state index contributed by atoms with van der Waals surface area (Å²) in [7, 11) is 3.31. The zero-order valence-corrected chi connectivity index (χ0v) is 15.2. The van der Waals surface area contributed by atoms with E-state index in [1.807, 2.05) is 12.1 Å². The second-order valence-corrected chi connectivity index (χ2v) is 6.19. The smallest absolute Gasteiger partial charge is 0.160 e. The molecule has 0 heterocycles. The van der Waals surface area contributed by atoms with Crippen molar-refractivity contribution in [2.75, 3.05) is 14.2 Å². The van der Waals surface area contributed by atoms with Gasteiger partial charge in [-0.05, 0) is 64.2 Å². The molecule has 0 saturated heterocycles. The molecule has 1 aromatic carbocycles. The predicted octanol–water partition coefficient (Wildman–Crippen LogP) is 5.89. The molecule has 0 radical (unpaired) electrons. The summed E-state index contributed by atoms with van der Waals surface area (Å²) in [6.07, 6.45) is 8.60. The molecule has 0 atom stereocenters. The first-order chi connectivity index (χ1) is 11.0. The summed E-state index contributed by atoms with van der Waals surface area (Å²) in [5.74, 6) is 1.53. The Bertz CT molecular complexity index is 576. The van der Waals surface area contributed by atoms with Crippen LogP contribution in [0.2, 0.25) is 0 Å². The van der Waals surface area contributed by atoms with Gasteiger partial charge in [-0.1, -0.05) is 41.5 Å². The van der Waals surface area contributed by atoms with Gasteiger partial charge >= 0.3 is 0 Å². The first kappa shape index (κ1) is 19.1. The number of rotatable bonds is 9. The van der Waals surface area contributed by atoms with Crippen molar-refractivity contribution >= 4 is 0 Å². The molecule has 0 aromatic heterocycles. The molecular weight excluding hydrogens is 284 g/mol. The third-order valence-electron chi connectivity index (χ3n) is 3.73. The Kier molecular flexibility index (Phi) is 8.25. The summed E-state index contributed by atoms with van der Waals surface area (Å²) >= 11 is 0. The van der Waals surface area contributed by atoms with Crippen LogP contribution in [0.5, 0.6) is 11.5 Å². The molecule has 1 aromatic rings. The highest BCUT2D eigenvalue weighted by Crippen LogP contribution is 2.28. The number of allylic oxidation sites excluding steroid dienone is 5. The van der Waals surface area contributed by atoms with Crippen molar-refractivity contribution in [1.29, 1.82) is 0 Å². The molecule has 0 aliphatic carbocycles. The fourth-order valence-corrected chi connectivity index (χ4v) is 2.36. The highest BCUT2D eigenvalue weighted by Gasteiger charge is 2.05. The number of hydrogen-bond donors (Lipinski definition) is 0. The summed E-state index contributed by atoms with van der Waals surface area (Å²) in [5, 5.41) is 0. The Balaban J connectivity index is 2.55. The lowest BCUT2D eigenvalue weighted by Gasteiger charge is -2.10. The van der Waals surface area contributed by atoms with Crippen molar-refractivity contribution in [2.45, 2.75) is 46.5 Å². The molecule has 2 nitrogen and oxygen atoms in total. The number of ether oxygens (including phenoxy) is 2. The minimum Gasteiger partial charge on any atom is -0.493 e. The predicted molar refractivity (Wildman–Crippen MR) is 99.4 cm³/mol. The largest absolute Gasteiger partial charge is 0.493 e. The Morgan fingerprint density at radius 2 is 1.74 bits per heavy atom. The monoisotopic (exact) mass is 314 g/mol. The number of hydrogen-bond acceptors (Lipinski definition) is 2. The normalized spacial score (nSPS) is 11.1. The van der Waals surface area contributed by atoms with Crippen molar-refractivity contribution in [3.63, 3.8) is 0 Å². The van der Waals surface area contributed by atoms with E-state index in [0.717, 1.165) is 37.2 Å². The van der Waals surface area contributed by atoms with Gasteiger partial charge in [-0.3, -0.25) is 0 Å². The fraction of sp³-hybridized carbons (Fsp3) is 0.429. The van der Waals surface area contributed by atoms with Crippen LogP contribution < -0.4 is 9.47 Å². The van der Waals surface area contributed by atoms with E-state index in [9.17, 15) is 0 Å². The van der Waals surface area contributed by atoms with Gasteiger partial charge in [-0.15, -0.1) is 0 Å². The zero-order chi connectivity index (χ0) is 17.2. The van der Waals surface area contributed by atoms with Crippen LogP contribution in [0.15, 0.2) is 53.6 Å². The fourth-order valence-electron chi connectivity index (χ4n) is 2.36. The van der Waals surface area contributed by atoms with Crippen molar-refractivity contribution in [3.05, 3.63) is 59.2 Å². The second kappa shape index (κ2) is 9.94. The van der Waals surface area contributed by atoms with Crippen LogP contribution in [0.4, 0.5) is 0 Å². The topological polar surface area (TPSA) is 18.5 Å². The summed E-state index contributed by atoms with van der Waals surface area (Å²) in [6, 6.07) is 6.04. The van der Waals surface area contributed by atoms with Gasteiger partial charge in [-0.2, -0.15) is 0 Å². The molecule has 23 heavy (non-hydrogen) atoms. The van der Waals surface area contributed by atoms with Gasteiger partial charge in [0.25, 0.3) is 0 Å². The molecule has 2 heteroatoms. The lowest BCUT2D eigenvalue weighted by molar-refractivity contribution is 0.354. The molecule has 0 bridgehead atoms. The van der Waals surface area contributed by atoms with E-state index in [1.54, 1.807) is 14.2 Å². The van der Waals surface area contributed by atoms with Crippen molar-refractivity contribution in [2.24, 2.45) is 0 Å². The first-order valence-electron chi connectivity index (χ1n) is 8.12. The van der Waals surface area contributed by atoms with Gasteiger partial charge in [-0.25, -0.2) is 0 Å². The molecule has 0 unspecified atom stereocenters. The maximum Gasteiger partial charge on any atom is 0.160 e. The van der Waals surface area contributed by atoms with Gasteiger partial charge in [0.15, 0.2) is 11.5 Å². The van der Waals surface area contributed by atoms with Gasteiger partial charge in [0.2, 0.25) is 0 Å². The molecule has 126 valence electrons. The lowest BCUT2D eigenvalue weighted by atomic mass is 10.0. The van der Waals surface area contributed by atoms with Crippen molar-refractivity contribution in [1.82, 2.24) is 0 Å². The van der Waals surface area contributed by atoms with E-state index in [0.29, 0.717) is 0 Å². The molecule has 0 N–H and O–H groups in total. The average Bonchev–Trinajstić information content (AvgIpc) is 2.52. The Morgan fingerprint density at radius 1 is 1.04 bits per heavy atom. The van der Waals surface area contributed by atoms with Crippen LogP contribution in [-0.4, -0.2) is 14.2 Å². The second-order valence-electron chi connectivity index (χ2n) is 6.19. The number of methoxy groups -OCH3 is 2. The first-order valence-corrected chi connectivity index (χ1v) is 8.12. The maximum atomic E-state index is 5.35. The Labute approximate surface area is 141 Å². The Hall–Kier alpha value is -1.96. The maximum absolute atomic E-state index is 5.35. The van der Waals surface area contributed by atoms with E-state index in [2.05, 4.69) is 45.6 Å². The molecule has 0 amide bonds. The van der Waals surface area contributed by atoms with Crippen LogP contribution in [-0.2, 0) is 6.42 Å². The zero-order valence-electron chi connectivity index (χ0n) is 15.2. The summed E-state index contributed by atoms with van der Waals surface area (Å²) in [6.45, 7) is 10.7. The van der Waals surface area contributed by atoms with Gasteiger partial charge in [0, 0.05) is 0 Å². The van der Waals surface area contributed by atoms with Crippen LogP contribution in [0.1, 0.15) is 45.6 Å². The summed E-state index contributed by atoms with van der Waals surface area (Å²) < 4.78 is 10.6. The third-order valence-corrected chi connectivity index (χ3v) is 3.73. The van der Waals surface area contributed by atoms with E-state index in [1.165, 1.54) is 22.3 Å². The molecule has 1 rings (SSSR count). The Morgan fingerprint density at radius 3 is 2.35 bits per heavy atom.